The van der Waals surface area contributed by atoms with Crippen LogP contribution in [0.1, 0.15) is 26.3 Å². The first-order valence-corrected chi connectivity index (χ1v) is 5.03. The molecule has 0 fully saturated rings. The van der Waals surface area contributed by atoms with Gasteiger partial charge in [-0.05, 0) is 37.5 Å². The Hall–Kier alpha value is -1.05. The Labute approximate surface area is 85.3 Å². The molecular formula is C12H18FN. The van der Waals surface area contributed by atoms with Crippen molar-refractivity contribution < 1.29 is 4.39 Å². The SMILES string of the molecule is Cc1ccc(N[C@@H](C)C(C)C)cc1F. The molecule has 1 atom stereocenters. The Morgan fingerprint density at radius 3 is 2.36 bits per heavy atom. The molecule has 78 valence electrons. The molecule has 0 aliphatic rings. The molecule has 1 nitrogen and oxygen atoms in total. The summed E-state index contributed by atoms with van der Waals surface area (Å²) in [7, 11) is 0. The maximum atomic E-state index is 13.2. The molecule has 1 aromatic carbocycles. The third-order valence-corrected chi connectivity index (χ3v) is 2.57. The summed E-state index contributed by atoms with van der Waals surface area (Å²) in [5.74, 6) is 0.394. The number of benzene rings is 1. The van der Waals surface area contributed by atoms with Crippen LogP contribution in [-0.2, 0) is 0 Å². The monoisotopic (exact) mass is 195 g/mol. The molecule has 2 heteroatoms. The van der Waals surface area contributed by atoms with Crippen LogP contribution in [0.15, 0.2) is 18.2 Å². The van der Waals surface area contributed by atoms with Crippen LogP contribution in [-0.4, -0.2) is 6.04 Å². The summed E-state index contributed by atoms with van der Waals surface area (Å²) in [5, 5.41) is 3.27. The molecule has 0 radical (unpaired) electrons. The number of aryl methyl sites for hydroxylation is 1. The van der Waals surface area contributed by atoms with E-state index in [1.165, 1.54) is 0 Å². The first-order chi connectivity index (χ1) is 6.50. The summed E-state index contributed by atoms with van der Waals surface area (Å²) >= 11 is 0. The van der Waals surface area contributed by atoms with Gasteiger partial charge in [0.05, 0.1) is 0 Å². The highest BCUT2D eigenvalue weighted by atomic mass is 19.1. The van der Waals surface area contributed by atoms with E-state index in [0.717, 1.165) is 5.69 Å². The largest absolute Gasteiger partial charge is 0.382 e. The van der Waals surface area contributed by atoms with E-state index < -0.39 is 0 Å². The van der Waals surface area contributed by atoms with E-state index in [2.05, 4.69) is 26.1 Å². The molecule has 0 aromatic heterocycles. The number of rotatable bonds is 3. The first kappa shape index (κ1) is 11.0. The number of nitrogens with one attached hydrogen (secondary N) is 1. The molecule has 0 bridgehead atoms. The smallest absolute Gasteiger partial charge is 0.128 e. The normalized spacial score (nSPS) is 13.0. The maximum absolute atomic E-state index is 13.2. The Morgan fingerprint density at radius 2 is 1.86 bits per heavy atom. The molecule has 0 saturated heterocycles. The molecule has 1 aromatic rings. The molecule has 0 amide bonds. The first-order valence-electron chi connectivity index (χ1n) is 5.03. The van der Waals surface area contributed by atoms with Gasteiger partial charge in [0, 0.05) is 11.7 Å². The maximum Gasteiger partial charge on any atom is 0.128 e. The molecule has 0 heterocycles. The van der Waals surface area contributed by atoms with Crippen LogP contribution in [0.25, 0.3) is 0 Å². The summed E-state index contributed by atoms with van der Waals surface area (Å²) in [6, 6.07) is 5.62. The van der Waals surface area contributed by atoms with Gasteiger partial charge in [-0.3, -0.25) is 0 Å². The second-order valence-corrected chi connectivity index (χ2v) is 4.14. The van der Waals surface area contributed by atoms with E-state index in [0.29, 0.717) is 17.5 Å². The lowest BCUT2D eigenvalue weighted by molar-refractivity contribution is 0.558. The van der Waals surface area contributed by atoms with Crippen LogP contribution < -0.4 is 5.32 Å². The van der Waals surface area contributed by atoms with Crippen LogP contribution in [0.3, 0.4) is 0 Å². The molecule has 0 aliphatic carbocycles. The summed E-state index contributed by atoms with van der Waals surface area (Å²) in [6.07, 6.45) is 0. The highest BCUT2D eigenvalue weighted by Gasteiger charge is 2.07. The van der Waals surface area contributed by atoms with E-state index >= 15 is 0 Å². The summed E-state index contributed by atoms with van der Waals surface area (Å²) in [6.45, 7) is 8.15. The molecule has 1 N–H and O–H groups in total. The molecule has 0 spiro atoms. The van der Waals surface area contributed by atoms with Crippen LogP contribution in [0, 0.1) is 18.7 Å². The molecule has 0 saturated carbocycles. The van der Waals surface area contributed by atoms with Crippen molar-refractivity contribution in [1.29, 1.82) is 0 Å². The number of anilines is 1. The van der Waals surface area contributed by atoms with Gasteiger partial charge in [-0.1, -0.05) is 19.9 Å². The predicted octanol–water partition coefficient (Wildman–Crippen LogP) is 3.59. The zero-order chi connectivity index (χ0) is 10.7. The van der Waals surface area contributed by atoms with E-state index in [1.807, 2.05) is 6.07 Å². The van der Waals surface area contributed by atoms with Gasteiger partial charge in [0.25, 0.3) is 0 Å². The lowest BCUT2D eigenvalue weighted by Crippen LogP contribution is -2.21. The zero-order valence-corrected chi connectivity index (χ0v) is 9.26. The van der Waals surface area contributed by atoms with Crippen LogP contribution >= 0.6 is 0 Å². The van der Waals surface area contributed by atoms with E-state index in [-0.39, 0.29) is 5.82 Å². The van der Waals surface area contributed by atoms with Crippen LogP contribution in [0.4, 0.5) is 10.1 Å². The lowest BCUT2D eigenvalue weighted by Gasteiger charge is -2.18. The standard InChI is InChI=1S/C12H18FN/c1-8(2)10(4)14-11-6-5-9(3)12(13)7-11/h5-8,10,14H,1-4H3/t10-/m0/s1. The molecule has 1 rings (SSSR count). The van der Waals surface area contributed by atoms with E-state index in [9.17, 15) is 4.39 Å². The summed E-state index contributed by atoms with van der Waals surface area (Å²) < 4.78 is 13.2. The fourth-order valence-corrected chi connectivity index (χ4v) is 1.11. The quantitative estimate of drug-likeness (QED) is 0.777. The Balaban J connectivity index is 2.73. The van der Waals surface area contributed by atoms with Crippen LogP contribution in [0.2, 0.25) is 0 Å². The van der Waals surface area contributed by atoms with Crippen molar-refractivity contribution in [3.05, 3.63) is 29.6 Å². The predicted molar refractivity (Wildman–Crippen MR) is 59.1 cm³/mol. The fraction of sp³-hybridized carbons (Fsp3) is 0.500. The van der Waals surface area contributed by atoms with Gasteiger partial charge in [-0.2, -0.15) is 0 Å². The van der Waals surface area contributed by atoms with Crippen molar-refractivity contribution in [3.8, 4) is 0 Å². The molecule has 0 aliphatic heterocycles. The fourth-order valence-electron chi connectivity index (χ4n) is 1.11. The van der Waals surface area contributed by atoms with Gasteiger partial charge in [0.15, 0.2) is 0 Å². The van der Waals surface area contributed by atoms with Crippen molar-refractivity contribution in [2.45, 2.75) is 33.7 Å². The van der Waals surface area contributed by atoms with Gasteiger partial charge >= 0.3 is 0 Å². The number of hydrogen-bond donors (Lipinski definition) is 1. The van der Waals surface area contributed by atoms with Crippen molar-refractivity contribution in [3.63, 3.8) is 0 Å². The Morgan fingerprint density at radius 1 is 1.21 bits per heavy atom. The highest BCUT2D eigenvalue weighted by molar-refractivity contribution is 5.45. The minimum Gasteiger partial charge on any atom is -0.382 e. The molecule has 14 heavy (non-hydrogen) atoms. The zero-order valence-electron chi connectivity index (χ0n) is 9.26. The molecule has 0 unspecified atom stereocenters. The van der Waals surface area contributed by atoms with Crippen LogP contribution in [0.5, 0.6) is 0 Å². The Bertz CT molecular complexity index is 307. The Kier molecular flexibility index (Phi) is 3.50. The third-order valence-electron chi connectivity index (χ3n) is 2.57. The van der Waals surface area contributed by atoms with Gasteiger partial charge in [-0.15, -0.1) is 0 Å². The minimum absolute atomic E-state index is 0.147. The average Bonchev–Trinajstić information content (AvgIpc) is 2.11. The van der Waals surface area contributed by atoms with E-state index in [4.69, 9.17) is 0 Å². The highest BCUT2D eigenvalue weighted by Crippen LogP contribution is 2.16. The van der Waals surface area contributed by atoms with Gasteiger partial charge < -0.3 is 5.32 Å². The number of halogens is 1. The third kappa shape index (κ3) is 2.72. The molecular weight excluding hydrogens is 177 g/mol. The van der Waals surface area contributed by atoms with Crippen molar-refractivity contribution in [2.24, 2.45) is 5.92 Å². The average molecular weight is 195 g/mol. The van der Waals surface area contributed by atoms with Crippen molar-refractivity contribution >= 4 is 5.69 Å². The summed E-state index contributed by atoms with van der Waals surface area (Å²) in [5.41, 5.74) is 1.54. The topological polar surface area (TPSA) is 12.0 Å². The second kappa shape index (κ2) is 4.45. The van der Waals surface area contributed by atoms with Crippen molar-refractivity contribution in [2.75, 3.05) is 5.32 Å². The minimum atomic E-state index is -0.147. The van der Waals surface area contributed by atoms with E-state index in [1.54, 1.807) is 19.1 Å². The second-order valence-electron chi connectivity index (χ2n) is 4.14. The number of hydrogen-bond acceptors (Lipinski definition) is 1. The summed E-state index contributed by atoms with van der Waals surface area (Å²) in [4.78, 5) is 0. The van der Waals surface area contributed by atoms with Gasteiger partial charge in [-0.25, -0.2) is 4.39 Å². The lowest BCUT2D eigenvalue weighted by atomic mass is 10.1. The van der Waals surface area contributed by atoms with Gasteiger partial charge in [0.2, 0.25) is 0 Å². The van der Waals surface area contributed by atoms with Gasteiger partial charge in [0.1, 0.15) is 5.82 Å². The van der Waals surface area contributed by atoms with Crippen molar-refractivity contribution in [1.82, 2.24) is 0 Å².